The maximum Gasteiger partial charge on any atom is 0.323 e. The third-order valence-electron chi connectivity index (χ3n) is 4.48. The quantitative estimate of drug-likeness (QED) is 0.271. The van der Waals surface area contributed by atoms with E-state index in [2.05, 4.69) is 41.7 Å². The molecule has 0 unspecified atom stereocenters. The average Bonchev–Trinajstić information content (AvgIpc) is 3.30. The van der Waals surface area contributed by atoms with Gasteiger partial charge in [0.05, 0.1) is 18.0 Å². The molecule has 2 aromatic carbocycles. The predicted octanol–water partition coefficient (Wildman–Crippen LogP) is 2.70. The Morgan fingerprint density at radius 2 is 1.47 bits per heavy atom. The number of nitrogens with zero attached hydrogens (tertiary/aromatic N) is 4. The number of hydrogen-bond acceptors (Lipinski definition) is 7. The van der Waals surface area contributed by atoms with Gasteiger partial charge in [0.2, 0.25) is 5.96 Å². The second-order valence-electron chi connectivity index (χ2n) is 7.13. The highest BCUT2D eigenvalue weighted by Crippen LogP contribution is 2.13. The second-order valence-corrected chi connectivity index (χ2v) is 7.13. The van der Waals surface area contributed by atoms with Gasteiger partial charge < -0.3 is 21.7 Å². The van der Waals surface area contributed by atoms with Crippen molar-refractivity contribution in [2.45, 2.75) is 20.8 Å². The minimum atomic E-state index is -0.336. The first kappa shape index (κ1) is 22.5. The lowest BCUT2D eigenvalue weighted by molar-refractivity contribution is 0.262. The number of rotatable bonds is 6. The minimum Gasteiger partial charge on any atom is -0.386 e. The van der Waals surface area contributed by atoms with Gasteiger partial charge in [-0.15, -0.1) is 5.10 Å². The van der Waals surface area contributed by atoms with Crippen molar-refractivity contribution in [1.82, 2.24) is 10.7 Å². The Morgan fingerprint density at radius 1 is 0.906 bits per heavy atom. The van der Waals surface area contributed by atoms with E-state index in [0.717, 1.165) is 35.6 Å². The molecule has 32 heavy (non-hydrogen) atoms. The van der Waals surface area contributed by atoms with Gasteiger partial charge in [-0.2, -0.15) is 10.2 Å². The van der Waals surface area contributed by atoms with Crippen molar-refractivity contribution >= 4 is 40.6 Å². The zero-order chi connectivity index (χ0) is 22.9. The van der Waals surface area contributed by atoms with Crippen LogP contribution in [-0.2, 0) is 0 Å². The number of amidine groups is 1. The summed E-state index contributed by atoms with van der Waals surface area (Å²) in [4.78, 5) is 16.5. The van der Waals surface area contributed by atoms with Crippen molar-refractivity contribution in [3.63, 3.8) is 0 Å². The molecule has 1 heterocycles. The molecule has 0 spiro atoms. The van der Waals surface area contributed by atoms with Gasteiger partial charge in [-0.05, 0) is 56.2 Å². The number of hydrazone groups is 1. The third kappa shape index (κ3) is 6.66. The molecule has 1 aliphatic heterocycles. The first-order chi connectivity index (χ1) is 15.4. The Hall–Kier alpha value is -4.21. The number of urea groups is 1. The number of anilines is 2. The first-order valence-corrected chi connectivity index (χ1v) is 10.1. The van der Waals surface area contributed by atoms with Crippen LogP contribution in [-0.4, -0.2) is 42.3 Å². The zero-order valence-electron chi connectivity index (χ0n) is 18.3. The minimum absolute atomic E-state index is 0.336. The summed E-state index contributed by atoms with van der Waals surface area (Å²) < 4.78 is 0. The molecule has 0 aliphatic carbocycles. The van der Waals surface area contributed by atoms with Gasteiger partial charge in [-0.1, -0.05) is 24.3 Å². The summed E-state index contributed by atoms with van der Waals surface area (Å²) in [5.41, 5.74) is 13.1. The summed E-state index contributed by atoms with van der Waals surface area (Å²) >= 11 is 0. The molecule has 2 aromatic rings. The molecule has 3 rings (SSSR count). The van der Waals surface area contributed by atoms with E-state index in [0.29, 0.717) is 23.2 Å². The summed E-state index contributed by atoms with van der Waals surface area (Å²) in [6, 6.07) is 14.4. The molecule has 0 saturated carbocycles. The van der Waals surface area contributed by atoms with Crippen LogP contribution < -0.4 is 27.1 Å². The molecule has 0 fully saturated rings. The largest absolute Gasteiger partial charge is 0.386 e. The smallest absolute Gasteiger partial charge is 0.323 e. The van der Waals surface area contributed by atoms with Crippen LogP contribution >= 0.6 is 0 Å². The van der Waals surface area contributed by atoms with E-state index >= 15 is 0 Å². The van der Waals surface area contributed by atoms with Crippen molar-refractivity contribution < 1.29 is 4.79 Å². The van der Waals surface area contributed by atoms with E-state index in [4.69, 9.17) is 5.73 Å². The fraction of sp³-hybridized carbons (Fsp3) is 0.227. The van der Waals surface area contributed by atoms with Crippen molar-refractivity contribution in [2.75, 3.05) is 23.7 Å². The molecule has 0 radical (unpaired) electrons. The number of nitrogens with two attached hydrogens (primary N) is 1. The fourth-order valence-electron chi connectivity index (χ4n) is 2.77. The van der Waals surface area contributed by atoms with Gasteiger partial charge in [0.1, 0.15) is 5.84 Å². The Bertz CT molecular complexity index is 1060. The van der Waals surface area contributed by atoms with Gasteiger partial charge in [0.25, 0.3) is 0 Å². The van der Waals surface area contributed by atoms with E-state index in [1.807, 2.05) is 50.2 Å². The molecule has 10 heteroatoms. The van der Waals surface area contributed by atoms with Crippen LogP contribution in [0.15, 0.2) is 68.8 Å². The number of benzene rings is 2. The zero-order valence-corrected chi connectivity index (χ0v) is 18.3. The SMILES string of the molecule is CC(N)=N/N=C(\C)c1ccc(NC(=O)Nc2ccc(/C(C)=N/NC3=NCCN3)cc2)cc1. The number of carbonyl (C=O) groups is 1. The average molecular weight is 434 g/mol. The van der Waals surface area contributed by atoms with Crippen LogP contribution in [0.3, 0.4) is 0 Å². The molecule has 0 atom stereocenters. The van der Waals surface area contributed by atoms with Gasteiger partial charge in [-0.25, -0.2) is 15.2 Å². The van der Waals surface area contributed by atoms with Gasteiger partial charge in [0, 0.05) is 17.9 Å². The van der Waals surface area contributed by atoms with Crippen molar-refractivity contribution in [2.24, 2.45) is 26.0 Å². The Balaban J connectivity index is 1.54. The van der Waals surface area contributed by atoms with E-state index < -0.39 is 0 Å². The van der Waals surface area contributed by atoms with E-state index in [9.17, 15) is 4.79 Å². The summed E-state index contributed by atoms with van der Waals surface area (Å²) in [6.45, 7) is 6.99. The maximum absolute atomic E-state index is 12.3. The van der Waals surface area contributed by atoms with Gasteiger partial charge >= 0.3 is 6.03 Å². The van der Waals surface area contributed by atoms with Gasteiger partial charge in [-0.3, -0.25) is 0 Å². The van der Waals surface area contributed by atoms with Crippen LogP contribution in [0.4, 0.5) is 16.2 Å². The number of carbonyl (C=O) groups excluding carboxylic acids is 1. The molecule has 1 aliphatic rings. The second kappa shape index (κ2) is 10.7. The van der Waals surface area contributed by atoms with Gasteiger partial charge in [0.15, 0.2) is 0 Å². The number of hydrogen-bond donors (Lipinski definition) is 5. The lowest BCUT2D eigenvalue weighted by Gasteiger charge is -2.09. The molecule has 0 saturated heterocycles. The van der Waals surface area contributed by atoms with Crippen LogP contribution in [0.5, 0.6) is 0 Å². The monoisotopic (exact) mass is 433 g/mol. The van der Waals surface area contributed by atoms with E-state index in [1.165, 1.54) is 0 Å². The lowest BCUT2D eigenvalue weighted by Crippen LogP contribution is -2.30. The third-order valence-corrected chi connectivity index (χ3v) is 4.48. The van der Waals surface area contributed by atoms with Crippen LogP contribution in [0, 0.1) is 0 Å². The normalized spacial score (nSPS) is 14.5. The Kier molecular flexibility index (Phi) is 7.52. The molecule has 6 N–H and O–H groups in total. The molecule has 0 aromatic heterocycles. The van der Waals surface area contributed by atoms with Crippen molar-refractivity contribution in [3.8, 4) is 0 Å². The standard InChI is InChI=1S/C22H27N9O/c1-14(28-30-16(3)23)17-4-8-19(9-5-17)26-22(32)27-20-10-6-18(7-11-20)15(2)29-31-21-24-12-13-25-21/h4-11H,12-13H2,1-3H3,(H2,23,30)(H2,24,25,31)(H2,26,27,32)/b28-14+,29-15+. The molecular formula is C22H27N9O. The summed E-state index contributed by atoms with van der Waals surface area (Å²) in [5, 5.41) is 20.9. The summed E-state index contributed by atoms with van der Waals surface area (Å²) in [5.74, 6) is 1.07. The molecular weight excluding hydrogens is 406 g/mol. The maximum atomic E-state index is 12.3. The fourth-order valence-corrected chi connectivity index (χ4v) is 2.77. The number of amides is 2. The molecule has 2 amide bonds. The topological polar surface area (TPSA) is 141 Å². The van der Waals surface area contributed by atoms with E-state index in [-0.39, 0.29) is 6.03 Å². The number of nitrogens with one attached hydrogen (secondary N) is 4. The first-order valence-electron chi connectivity index (χ1n) is 10.1. The predicted molar refractivity (Wildman–Crippen MR) is 131 cm³/mol. The van der Waals surface area contributed by atoms with Crippen LogP contribution in [0.2, 0.25) is 0 Å². The van der Waals surface area contributed by atoms with Crippen LogP contribution in [0.1, 0.15) is 31.9 Å². The Labute approximate surface area is 186 Å². The molecule has 10 nitrogen and oxygen atoms in total. The Morgan fingerprint density at radius 3 is 1.97 bits per heavy atom. The highest BCUT2D eigenvalue weighted by molar-refractivity contribution is 6.03. The highest BCUT2D eigenvalue weighted by Gasteiger charge is 2.06. The summed E-state index contributed by atoms with van der Waals surface area (Å²) in [7, 11) is 0. The molecule has 166 valence electrons. The van der Waals surface area contributed by atoms with E-state index in [1.54, 1.807) is 19.1 Å². The highest BCUT2D eigenvalue weighted by atomic mass is 16.2. The molecule has 0 bridgehead atoms. The van der Waals surface area contributed by atoms with Crippen molar-refractivity contribution in [1.29, 1.82) is 0 Å². The number of guanidine groups is 1. The van der Waals surface area contributed by atoms with Crippen LogP contribution in [0.25, 0.3) is 0 Å². The number of aliphatic imine (C=N–C) groups is 1. The summed E-state index contributed by atoms with van der Waals surface area (Å²) in [6.07, 6.45) is 0. The lowest BCUT2D eigenvalue weighted by atomic mass is 10.1. The van der Waals surface area contributed by atoms with Crippen molar-refractivity contribution in [3.05, 3.63) is 59.7 Å².